The number of benzene rings is 1. The van der Waals surface area contributed by atoms with E-state index in [1.807, 2.05) is 6.07 Å². The standard InChI is InChI=1S/C19H28ClN/c1-13(2)14-7-8-15(12-21-16-9-10-16)18(11-14)17-5-3-4-6-19(17)20/h3-6,13-16,18,21H,7-12H2,1-2H3. The van der Waals surface area contributed by atoms with E-state index in [1.165, 1.54) is 44.2 Å². The molecule has 2 aliphatic rings. The average Bonchev–Trinajstić information content (AvgIpc) is 3.30. The van der Waals surface area contributed by atoms with Crippen LogP contribution in [0.3, 0.4) is 0 Å². The van der Waals surface area contributed by atoms with Crippen LogP contribution < -0.4 is 5.32 Å². The van der Waals surface area contributed by atoms with Crippen LogP contribution in [0.1, 0.15) is 57.4 Å². The minimum atomic E-state index is 0.631. The SMILES string of the molecule is CC(C)C1CCC(CNC2CC2)C(c2ccccc2Cl)C1. The number of halogens is 1. The zero-order valence-electron chi connectivity index (χ0n) is 13.3. The number of nitrogens with one attached hydrogen (secondary N) is 1. The van der Waals surface area contributed by atoms with E-state index in [2.05, 4.69) is 37.4 Å². The van der Waals surface area contributed by atoms with Crippen LogP contribution in [-0.2, 0) is 0 Å². The monoisotopic (exact) mass is 305 g/mol. The van der Waals surface area contributed by atoms with Crippen LogP contribution in [0.5, 0.6) is 0 Å². The quantitative estimate of drug-likeness (QED) is 0.783. The van der Waals surface area contributed by atoms with Gasteiger partial charge in [0.15, 0.2) is 0 Å². The average molecular weight is 306 g/mol. The van der Waals surface area contributed by atoms with Crippen molar-refractivity contribution in [3.05, 3.63) is 34.9 Å². The highest BCUT2D eigenvalue weighted by atomic mass is 35.5. The summed E-state index contributed by atoms with van der Waals surface area (Å²) in [5.41, 5.74) is 1.38. The molecule has 0 spiro atoms. The van der Waals surface area contributed by atoms with Gasteiger partial charge in [-0.2, -0.15) is 0 Å². The first-order valence-corrected chi connectivity index (χ1v) is 9.00. The molecule has 21 heavy (non-hydrogen) atoms. The molecule has 116 valence electrons. The van der Waals surface area contributed by atoms with Crippen molar-refractivity contribution < 1.29 is 0 Å². The highest BCUT2D eigenvalue weighted by Gasteiger charge is 2.34. The normalized spacial score (nSPS) is 29.8. The zero-order chi connectivity index (χ0) is 14.8. The molecule has 2 heteroatoms. The summed E-state index contributed by atoms with van der Waals surface area (Å²) in [6.07, 6.45) is 6.78. The fraction of sp³-hybridized carbons (Fsp3) is 0.684. The molecule has 0 amide bonds. The largest absolute Gasteiger partial charge is 0.314 e. The van der Waals surface area contributed by atoms with E-state index in [9.17, 15) is 0 Å². The second kappa shape index (κ2) is 6.71. The van der Waals surface area contributed by atoms with Crippen molar-refractivity contribution in [1.29, 1.82) is 0 Å². The molecule has 1 nitrogen and oxygen atoms in total. The van der Waals surface area contributed by atoms with Crippen molar-refractivity contribution >= 4 is 11.6 Å². The molecule has 1 N–H and O–H groups in total. The van der Waals surface area contributed by atoms with Gasteiger partial charge in [0, 0.05) is 11.1 Å². The lowest BCUT2D eigenvalue weighted by atomic mass is 9.68. The molecule has 2 aliphatic carbocycles. The van der Waals surface area contributed by atoms with Gasteiger partial charge >= 0.3 is 0 Å². The van der Waals surface area contributed by atoms with Gasteiger partial charge in [-0.25, -0.2) is 0 Å². The molecule has 0 heterocycles. The third-order valence-corrected chi connectivity index (χ3v) is 5.87. The van der Waals surface area contributed by atoms with Crippen molar-refractivity contribution in [2.75, 3.05) is 6.54 Å². The summed E-state index contributed by atoms with van der Waals surface area (Å²) in [7, 11) is 0. The molecule has 0 aromatic heterocycles. The van der Waals surface area contributed by atoms with Gasteiger partial charge in [0.2, 0.25) is 0 Å². The van der Waals surface area contributed by atoms with Crippen LogP contribution in [0.2, 0.25) is 5.02 Å². The number of hydrogen-bond donors (Lipinski definition) is 1. The third-order valence-electron chi connectivity index (χ3n) is 5.53. The third kappa shape index (κ3) is 3.81. The highest BCUT2D eigenvalue weighted by Crippen LogP contribution is 2.44. The van der Waals surface area contributed by atoms with Crippen molar-refractivity contribution in [2.24, 2.45) is 17.8 Å². The molecule has 3 rings (SSSR count). The second-order valence-electron chi connectivity index (χ2n) is 7.39. The molecule has 2 saturated carbocycles. The van der Waals surface area contributed by atoms with Crippen molar-refractivity contribution in [2.45, 2.75) is 57.9 Å². The first kappa shape index (κ1) is 15.4. The van der Waals surface area contributed by atoms with Crippen LogP contribution in [0.15, 0.2) is 24.3 Å². The maximum Gasteiger partial charge on any atom is 0.0440 e. The van der Waals surface area contributed by atoms with Gasteiger partial charge in [-0.3, -0.25) is 0 Å². The molecule has 0 bridgehead atoms. The molecule has 0 saturated heterocycles. The van der Waals surface area contributed by atoms with Crippen molar-refractivity contribution in [3.8, 4) is 0 Å². The molecule has 3 atom stereocenters. The van der Waals surface area contributed by atoms with Crippen LogP contribution in [0.25, 0.3) is 0 Å². The summed E-state index contributed by atoms with van der Waals surface area (Å²) in [6.45, 7) is 5.92. The molecular weight excluding hydrogens is 278 g/mol. The predicted octanol–water partition coefficient (Wildman–Crippen LogP) is 5.25. The van der Waals surface area contributed by atoms with Gasteiger partial charge in [-0.05, 0) is 74.0 Å². The first-order chi connectivity index (χ1) is 10.1. The van der Waals surface area contributed by atoms with Crippen molar-refractivity contribution in [3.63, 3.8) is 0 Å². The van der Waals surface area contributed by atoms with Crippen LogP contribution in [0.4, 0.5) is 0 Å². The lowest BCUT2D eigenvalue weighted by Gasteiger charge is -2.39. The van der Waals surface area contributed by atoms with Gasteiger partial charge in [-0.1, -0.05) is 43.6 Å². The van der Waals surface area contributed by atoms with Gasteiger partial charge in [0.05, 0.1) is 0 Å². The number of rotatable bonds is 5. The fourth-order valence-electron chi connectivity index (χ4n) is 3.88. The highest BCUT2D eigenvalue weighted by molar-refractivity contribution is 6.31. The zero-order valence-corrected chi connectivity index (χ0v) is 14.1. The molecule has 2 fully saturated rings. The maximum atomic E-state index is 6.50. The Hall–Kier alpha value is -0.530. The van der Waals surface area contributed by atoms with Gasteiger partial charge in [0.25, 0.3) is 0 Å². The summed E-state index contributed by atoms with van der Waals surface area (Å²) in [5, 5.41) is 4.71. The minimum absolute atomic E-state index is 0.631. The van der Waals surface area contributed by atoms with Crippen LogP contribution >= 0.6 is 11.6 Å². The lowest BCUT2D eigenvalue weighted by molar-refractivity contribution is 0.190. The van der Waals surface area contributed by atoms with E-state index in [0.29, 0.717) is 5.92 Å². The summed E-state index contributed by atoms with van der Waals surface area (Å²) in [6, 6.07) is 9.30. The summed E-state index contributed by atoms with van der Waals surface area (Å²) >= 11 is 6.50. The summed E-state index contributed by atoms with van der Waals surface area (Å²) < 4.78 is 0. The van der Waals surface area contributed by atoms with E-state index in [4.69, 9.17) is 11.6 Å². The second-order valence-corrected chi connectivity index (χ2v) is 7.79. The fourth-order valence-corrected chi connectivity index (χ4v) is 4.15. The maximum absolute atomic E-state index is 6.50. The number of hydrogen-bond acceptors (Lipinski definition) is 1. The van der Waals surface area contributed by atoms with E-state index < -0.39 is 0 Å². The molecule has 3 unspecified atom stereocenters. The Labute approximate surface area is 134 Å². The van der Waals surface area contributed by atoms with Gasteiger partial charge in [0.1, 0.15) is 0 Å². The molecular formula is C19H28ClN. The molecule has 0 radical (unpaired) electrons. The smallest absolute Gasteiger partial charge is 0.0440 e. The Balaban J connectivity index is 1.76. The lowest BCUT2D eigenvalue weighted by Crippen LogP contribution is -2.34. The van der Waals surface area contributed by atoms with E-state index >= 15 is 0 Å². The van der Waals surface area contributed by atoms with Crippen molar-refractivity contribution in [1.82, 2.24) is 5.32 Å². The first-order valence-electron chi connectivity index (χ1n) is 8.63. The topological polar surface area (TPSA) is 12.0 Å². The Morgan fingerprint density at radius 3 is 2.57 bits per heavy atom. The summed E-state index contributed by atoms with van der Waals surface area (Å²) in [5.74, 6) is 3.02. The van der Waals surface area contributed by atoms with E-state index in [1.54, 1.807) is 0 Å². The van der Waals surface area contributed by atoms with E-state index in [-0.39, 0.29) is 0 Å². The molecule has 1 aromatic carbocycles. The van der Waals surface area contributed by atoms with Crippen LogP contribution in [0, 0.1) is 17.8 Å². The summed E-state index contributed by atoms with van der Waals surface area (Å²) in [4.78, 5) is 0. The Morgan fingerprint density at radius 2 is 1.90 bits per heavy atom. The Morgan fingerprint density at radius 1 is 1.14 bits per heavy atom. The van der Waals surface area contributed by atoms with Crippen LogP contribution in [-0.4, -0.2) is 12.6 Å². The Kier molecular flexibility index (Phi) is 4.91. The molecule has 1 aromatic rings. The van der Waals surface area contributed by atoms with E-state index in [0.717, 1.165) is 28.8 Å². The van der Waals surface area contributed by atoms with Gasteiger partial charge < -0.3 is 5.32 Å². The van der Waals surface area contributed by atoms with Gasteiger partial charge in [-0.15, -0.1) is 0 Å². The molecule has 0 aliphatic heterocycles. The minimum Gasteiger partial charge on any atom is -0.314 e. The predicted molar refractivity (Wildman–Crippen MR) is 90.9 cm³/mol. The Bertz CT molecular complexity index is 466.